The van der Waals surface area contributed by atoms with Crippen molar-refractivity contribution in [2.45, 2.75) is 51.0 Å². The van der Waals surface area contributed by atoms with Gasteiger partial charge in [-0.1, -0.05) is 87.5 Å². The lowest BCUT2D eigenvalue weighted by Crippen LogP contribution is -2.43. The second kappa shape index (κ2) is 11.0. The van der Waals surface area contributed by atoms with E-state index in [1.807, 2.05) is 66.7 Å². The number of benzene rings is 3. The maximum Gasteiger partial charge on any atom is 0.417 e. The summed E-state index contributed by atoms with van der Waals surface area (Å²) in [7, 11) is 1.34. The van der Waals surface area contributed by atoms with Gasteiger partial charge >= 0.3 is 12.1 Å². The third-order valence-corrected chi connectivity index (χ3v) is 6.80. The summed E-state index contributed by atoms with van der Waals surface area (Å²) in [4.78, 5) is 39.9. The van der Waals surface area contributed by atoms with Crippen LogP contribution in [0.25, 0.3) is 0 Å². The van der Waals surface area contributed by atoms with Crippen molar-refractivity contribution in [3.05, 3.63) is 107 Å². The topological polar surface area (TPSA) is 72.9 Å². The molecule has 0 aromatic heterocycles. The van der Waals surface area contributed by atoms with Gasteiger partial charge in [-0.25, -0.2) is 14.5 Å². The van der Waals surface area contributed by atoms with E-state index in [-0.39, 0.29) is 24.0 Å². The minimum atomic E-state index is -0.608. The normalized spacial score (nSPS) is 16.3. The minimum absolute atomic E-state index is 0.0265. The van der Waals surface area contributed by atoms with Crippen molar-refractivity contribution in [1.29, 1.82) is 0 Å². The predicted molar refractivity (Wildman–Crippen MR) is 141 cm³/mol. The van der Waals surface area contributed by atoms with Crippen LogP contribution >= 0.6 is 0 Å². The van der Waals surface area contributed by atoms with Crippen molar-refractivity contribution >= 4 is 18.0 Å². The van der Waals surface area contributed by atoms with Gasteiger partial charge in [0.2, 0.25) is 5.91 Å². The lowest BCUT2D eigenvalue weighted by atomic mass is 9.84. The van der Waals surface area contributed by atoms with Crippen molar-refractivity contribution in [1.82, 2.24) is 4.90 Å². The standard InChI is InChI=1S/C31H33NO5/c1-31(2,3)25-16-14-23(15-17-25)27(19-22-10-12-24(13-11-22)29(34)36-4)28(33)32-26(20-37-30(32)35)18-21-8-6-5-7-9-21/h5-17,26-27H,18-20H2,1-4H3/t26-,27-/m1/s1. The van der Waals surface area contributed by atoms with Crippen LogP contribution in [0.5, 0.6) is 0 Å². The zero-order valence-corrected chi connectivity index (χ0v) is 21.8. The predicted octanol–water partition coefficient (Wildman–Crippen LogP) is 5.69. The number of amides is 2. The zero-order chi connectivity index (χ0) is 26.6. The summed E-state index contributed by atoms with van der Waals surface area (Å²) in [5, 5.41) is 0. The van der Waals surface area contributed by atoms with E-state index in [1.54, 1.807) is 12.1 Å². The number of hydrogen-bond acceptors (Lipinski definition) is 5. The SMILES string of the molecule is COC(=O)c1ccc(C[C@@H](C(=O)N2C(=O)OC[C@H]2Cc2ccccc2)c2ccc(C(C)(C)C)cc2)cc1. The molecule has 1 aliphatic rings. The highest BCUT2D eigenvalue weighted by Crippen LogP contribution is 2.30. The Labute approximate surface area is 218 Å². The van der Waals surface area contributed by atoms with Crippen molar-refractivity contribution in [3.63, 3.8) is 0 Å². The zero-order valence-electron chi connectivity index (χ0n) is 21.8. The van der Waals surface area contributed by atoms with Crippen molar-refractivity contribution in [2.75, 3.05) is 13.7 Å². The van der Waals surface area contributed by atoms with Crippen LogP contribution in [0.2, 0.25) is 0 Å². The number of cyclic esters (lactones) is 1. The average Bonchev–Trinajstić information content (AvgIpc) is 3.26. The van der Waals surface area contributed by atoms with Crippen LogP contribution in [-0.2, 0) is 32.5 Å². The number of rotatable bonds is 7. The first-order valence-electron chi connectivity index (χ1n) is 12.5. The molecule has 1 aliphatic heterocycles. The number of hydrogen-bond donors (Lipinski definition) is 0. The molecule has 3 aromatic carbocycles. The molecule has 0 aliphatic carbocycles. The molecule has 3 aromatic rings. The highest BCUT2D eigenvalue weighted by molar-refractivity contribution is 5.97. The van der Waals surface area contributed by atoms with E-state index in [4.69, 9.17) is 9.47 Å². The summed E-state index contributed by atoms with van der Waals surface area (Å²) < 4.78 is 10.1. The van der Waals surface area contributed by atoms with E-state index < -0.39 is 18.0 Å². The van der Waals surface area contributed by atoms with E-state index in [9.17, 15) is 14.4 Å². The third-order valence-electron chi connectivity index (χ3n) is 6.80. The number of carbonyl (C=O) groups excluding carboxylic acids is 3. The summed E-state index contributed by atoms with van der Waals surface area (Å²) >= 11 is 0. The van der Waals surface area contributed by atoms with E-state index in [0.29, 0.717) is 18.4 Å². The fraction of sp³-hybridized carbons (Fsp3) is 0.323. The summed E-state index contributed by atoms with van der Waals surface area (Å²) in [6, 6.07) is 24.5. The molecule has 0 radical (unpaired) electrons. The van der Waals surface area contributed by atoms with Gasteiger partial charge < -0.3 is 9.47 Å². The maximum atomic E-state index is 14.0. The Kier molecular flexibility index (Phi) is 7.77. The lowest BCUT2D eigenvalue weighted by molar-refractivity contribution is -0.130. The van der Waals surface area contributed by atoms with E-state index in [1.165, 1.54) is 12.0 Å². The Morgan fingerprint density at radius 2 is 1.59 bits per heavy atom. The molecule has 1 saturated heterocycles. The van der Waals surface area contributed by atoms with Crippen LogP contribution < -0.4 is 0 Å². The van der Waals surface area contributed by atoms with Crippen molar-refractivity contribution in [2.24, 2.45) is 0 Å². The van der Waals surface area contributed by atoms with Gasteiger partial charge in [-0.3, -0.25) is 4.79 Å². The summed E-state index contributed by atoms with van der Waals surface area (Å²) in [6.07, 6.45) is 0.294. The number of carbonyl (C=O) groups is 3. The molecule has 0 unspecified atom stereocenters. The molecule has 192 valence electrons. The first-order valence-corrected chi connectivity index (χ1v) is 12.5. The highest BCUT2D eigenvalue weighted by atomic mass is 16.6. The second-order valence-corrected chi connectivity index (χ2v) is 10.4. The molecule has 2 amide bonds. The average molecular weight is 500 g/mol. The minimum Gasteiger partial charge on any atom is -0.465 e. The van der Waals surface area contributed by atoms with Crippen molar-refractivity contribution < 1.29 is 23.9 Å². The quantitative estimate of drug-likeness (QED) is 0.391. The van der Waals surface area contributed by atoms with Crippen molar-refractivity contribution in [3.8, 4) is 0 Å². The number of esters is 1. The van der Waals surface area contributed by atoms with Crippen LogP contribution in [0, 0.1) is 0 Å². The molecule has 1 fully saturated rings. The van der Waals surface area contributed by atoms with Gasteiger partial charge in [-0.05, 0) is 52.6 Å². The molecule has 0 N–H and O–H groups in total. The fourth-order valence-electron chi connectivity index (χ4n) is 4.63. The van der Waals surface area contributed by atoms with Gasteiger partial charge in [0, 0.05) is 0 Å². The largest absolute Gasteiger partial charge is 0.465 e. The Morgan fingerprint density at radius 1 is 0.946 bits per heavy atom. The molecular formula is C31H33NO5. The molecule has 0 saturated carbocycles. The van der Waals surface area contributed by atoms with Crippen LogP contribution in [0.4, 0.5) is 4.79 Å². The first kappa shape index (κ1) is 26.1. The van der Waals surface area contributed by atoms with Crippen LogP contribution in [0.1, 0.15) is 59.3 Å². The summed E-state index contributed by atoms with van der Waals surface area (Å²) in [5.74, 6) is -1.30. The Hall–Kier alpha value is -3.93. The Balaban J connectivity index is 1.65. The molecular weight excluding hydrogens is 466 g/mol. The fourth-order valence-corrected chi connectivity index (χ4v) is 4.63. The van der Waals surface area contributed by atoms with E-state index >= 15 is 0 Å². The lowest BCUT2D eigenvalue weighted by Gasteiger charge is -2.26. The number of nitrogens with zero attached hydrogens (tertiary/aromatic N) is 1. The molecule has 37 heavy (non-hydrogen) atoms. The molecule has 4 rings (SSSR count). The monoisotopic (exact) mass is 499 g/mol. The Bertz CT molecular complexity index is 1240. The van der Waals surface area contributed by atoms with E-state index in [2.05, 4.69) is 20.8 Å². The summed E-state index contributed by atoms with van der Waals surface area (Å²) in [5.41, 5.74) is 4.31. The highest BCUT2D eigenvalue weighted by Gasteiger charge is 2.41. The van der Waals surface area contributed by atoms with Crippen LogP contribution in [0.3, 0.4) is 0 Å². The molecule has 6 heteroatoms. The van der Waals surface area contributed by atoms with Crippen LogP contribution in [0.15, 0.2) is 78.9 Å². The van der Waals surface area contributed by atoms with Gasteiger partial charge in [0.05, 0.1) is 24.6 Å². The Morgan fingerprint density at radius 3 is 2.19 bits per heavy atom. The number of methoxy groups -OCH3 is 1. The molecule has 6 nitrogen and oxygen atoms in total. The number of imide groups is 1. The maximum absolute atomic E-state index is 14.0. The third kappa shape index (κ3) is 6.08. The first-order chi connectivity index (χ1) is 17.7. The second-order valence-electron chi connectivity index (χ2n) is 10.4. The van der Waals surface area contributed by atoms with E-state index in [0.717, 1.165) is 22.3 Å². The van der Waals surface area contributed by atoms with Gasteiger partial charge in [-0.2, -0.15) is 0 Å². The van der Waals surface area contributed by atoms with Gasteiger partial charge in [0.15, 0.2) is 0 Å². The molecule has 0 spiro atoms. The molecule has 2 atom stereocenters. The molecule has 0 bridgehead atoms. The van der Waals surface area contributed by atoms with Crippen LogP contribution in [-0.4, -0.2) is 42.6 Å². The number of ether oxygens (including phenoxy) is 2. The molecule has 1 heterocycles. The summed E-state index contributed by atoms with van der Waals surface area (Å²) in [6.45, 7) is 6.59. The smallest absolute Gasteiger partial charge is 0.417 e. The van der Waals surface area contributed by atoms with Gasteiger partial charge in [-0.15, -0.1) is 0 Å². The van der Waals surface area contributed by atoms with Gasteiger partial charge in [0.25, 0.3) is 0 Å². The van der Waals surface area contributed by atoms with Gasteiger partial charge in [0.1, 0.15) is 6.61 Å².